The van der Waals surface area contributed by atoms with Gasteiger partial charge < -0.3 is 9.84 Å². The maximum atomic E-state index is 5.41. The van der Waals surface area contributed by atoms with Crippen molar-refractivity contribution >= 4 is 0 Å². The molecular weight excluding hydrogens is 242 g/mol. The third-order valence-corrected chi connectivity index (χ3v) is 4.38. The van der Waals surface area contributed by atoms with E-state index >= 15 is 0 Å². The molecular formula is C13H23N5O. The SMILES string of the molecule is CCC(Cc1nc(C2CN3CCN2CC3)no1)NC. The van der Waals surface area contributed by atoms with Gasteiger partial charge in [-0.3, -0.25) is 9.80 Å². The number of likely N-dealkylation sites (N-methyl/N-ethyl adjacent to an activating group) is 1. The van der Waals surface area contributed by atoms with Crippen LogP contribution in [-0.4, -0.2) is 65.8 Å². The lowest BCUT2D eigenvalue weighted by atomic mass is 10.1. The van der Waals surface area contributed by atoms with Crippen molar-refractivity contribution in [1.82, 2.24) is 25.3 Å². The van der Waals surface area contributed by atoms with E-state index in [1.165, 1.54) is 13.1 Å². The van der Waals surface area contributed by atoms with Crippen molar-refractivity contribution in [2.45, 2.75) is 31.8 Å². The summed E-state index contributed by atoms with van der Waals surface area (Å²) in [7, 11) is 1.98. The summed E-state index contributed by atoms with van der Waals surface area (Å²) in [6.45, 7) is 7.82. The standard InChI is InChI=1S/C13H23N5O/c1-3-10(14-2)8-12-15-13(16-19-12)11-9-17-4-6-18(11)7-5-17/h10-11,14H,3-9H2,1-2H3. The van der Waals surface area contributed by atoms with Gasteiger partial charge in [0.15, 0.2) is 5.82 Å². The normalized spacial score (nSPS) is 31.6. The number of hydrogen-bond donors (Lipinski definition) is 1. The molecule has 3 fully saturated rings. The van der Waals surface area contributed by atoms with Gasteiger partial charge in [-0.25, -0.2) is 0 Å². The van der Waals surface area contributed by atoms with Crippen LogP contribution in [0, 0.1) is 0 Å². The molecule has 3 saturated heterocycles. The highest BCUT2D eigenvalue weighted by molar-refractivity contribution is 5.02. The second-order valence-electron chi connectivity index (χ2n) is 5.50. The summed E-state index contributed by atoms with van der Waals surface area (Å²) in [6.07, 6.45) is 1.88. The summed E-state index contributed by atoms with van der Waals surface area (Å²) in [4.78, 5) is 9.57. The first-order valence-corrected chi connectivity index (χ1v) is 7.26. The predicted octanol–water partition coefficient (Wildman–Crippen LogP) is 0.282. The van der Waals surface area contributed by atoms with Crippen molar-refractivity contribution in [2.75, 3.05) is 39.8 Å². The molecule has 1 N–H and O–H groups in total. The van der Waals surface area contributed by atoms with Crippen molar-refractivity contribution in [3.63, 3.8) is 0 Å². The van der Waals surface area contributed by atoms with Crippen LogP contribution in [0.5, 0.6) is 0 Å². The molecule has 0 aliphatic carbocycles. The molecule has 3 aliphatic heterocycles. The molecule has 19 heavy (non-hydrogen) atoms. The minimum absolute atomic E-state index is 0.328. The van der Waals surface area contributed by atoms with Crippen LogP contribution in [0.15, 0.2) is 4.52 Å². The Morgan fingerprint density at radius 3 is 2.74 bits per heavy atom. The van der Waals surface area contributed by atoms with Gasteiger partial charge in [-0.1, -0.05) is 12.1 Å². The fourth-order valence-corrected chi connectivity index (χ4v) is 3.01. The maximum absolute atomic E-state index is 5.41. The molecule has 106 valence electrons. The second kappa shape index (κ2) is 5.56. The quantitative estimate of drug-likeness (QED) is 0.825. The number of nitrogens with one attached hydrogen (secondary N) is 1. The third kappa shape index (κ3) is 2.66. The summed E-state index contributed by atoms with van der Waals surface area (Å²) in [6, 6.07) is 0.745. The molecule has 0 amide bonds. The number of nitrogens with zero attached hydrogens (tertiary/aromatic N) is 4. The molecule has 6 heteroatoms. The topological polar surface area (TPSA) is 57.4 Å². The molecule has 0 aromatic carbocycles. The zero-order valence-electron chi connectivity index (χ0n) is 11.8. The first-order valence-electron chi connectivity index (χ1n) is 7.26. The van der Waals surface area contributed by atoms with E-state index in [4.69, 9.17) is 4.52 Å². The Hall–Kier alpha value is -0.980. The molecule has 3 aliphatic rings. The van der Waals surface area contributed by atoms with Crippen molar-refractivity contribution < 1.29 is 4.52 Å². The van der Waals surface area contributed by atoms with E-state index in [0.29, 0.717) is 12.1 Å². The van der Waals surface area contributed by atoms with Crippen molar-refractivity contribution in [3.8, 4) is 0 Å². The maximum Gasteiger partial charge on any atom is 0.228 e. The van der Waals surface area contributed by atoms with Gasteiger partial charge in [-0.15, -0.1) is 0 Å². The van der Waals surface area contributed by atoms with Crippen molar-refractivity contribution in [3.05, 3.63) is 11.7 Å². The molecule has 1 aromatic heterocycles. The van der Waals surface area contributed by atoms with Gasteiger partial charge in [0.1, 0.15) is 0 Å². The van der Waals surface area contributed by atoms with Crippen molar-refractivity contribution in [2.24, 2.45) is 0 Å². The van der Waals surface area contributed by atoms with Gasteiger partial charge in [0.05, 0.1) is 6.04 Å². The lowest BCUT2D eigenvalue weighted by Gasteiger charge is -2.46. The molecule has 4 rings (SSSR count). The minimum Gasteiger partial charge on any atom is -0.339 e. The number of hydrogen-bond acceptors (Lipinski definition) is 6. The van der Waals surface area contributed by atoms with Gasteiger partial charge in [-0.2, -0.15) is 4.98 Å². The minimum atomic E-state index is 0.328. The van der Waals surface area contributed by atoms with Crippen LogP contribution < -0.4 is 5.32 Å². The lowest BCUT2D eigenvalue weighted by Crippen LogP contribution is -2.57. The number of rotatable bonds is 5. The third-order valence-electron chi connectivity index (χ3n) is 4.38. The zero-order valence-corrected chi connectivity index (χ0v) is 11.8. The van der Waals surface area contributed by atoms with Gasteiger partial charge in [0.25, 0.3) is 0 Å². The van der Waals surface area contributed by atoms with Crippen LogP contribution in [0.4, 0.5) is 0 Å². The molecule has 2 bridgehead atoms. The van der Waals surface area contributed by atoms with Crippen LogP contribution in [0.25, 0.3) is 0 Å². The van der Waals surface area contributed by atoms with Crippen LogP contribution in [0.2, 0.25) is 0 Å². The predicted molar refractivity (Wildman–Crippen MR) is 71.9 cm³/mol. The highest BCUT2D eigenvalue weighted by Gasteiger charge is 2.35. The summed E-state index contributed by atoms with van der Waals surface area (Å²) < 4.78 is 5.41. The fourth-order valence-electron chi connectivity index (χ4n) is 3.01. The van der Waals surface area contributed by atoms with Gasteiger partial charge in [0.2, 0.25) is 5.89 Å². The average Bonchev–Trinajstić information content (AvgIpc) is 2.94. The molecule has 0 saturated carbocycles. The van der Waals surface area contributed by atoms with Crippen LogP contribution in [0.1, 0.15) is 31.1 Å². The Morgan fingerprint density at radius 1 is 1.37 bits per heavy atom. The Balaban J connectivity index is 1.67. The van der Waals surface area contributed by atoms with E-state index in [-0.39, 0.29) is 0 Å². The fraction of sp³-hybridized carbons (Fsp3) is 0.846. The van der Waals surface area contributed by atoms with E-state index in [1.54, 1.807) is 0 Å². The lowest BCUT2D eigenvalue weighted by molar-refractivity contribution is 0.00781. The second-order valence-corrected chi connectivity index (χ2v) is 5.50. The highest BCUT2D eigenvalue weighted by Crippen LogP contribution is 2.26. The number of aromatic nitrogens is 2. The molecule has 0 radical (unpaired) electrons. The molecule has 2 unspecified atom stereocenters. The van der Waals surface area contributed by atoms with Crippen LogP contribution in [-0.2, 0) is 6.42 Å². The Morgan fingerprint density at radius 2 is 2.16 bits per heavy atom. The van der Waals surface area contributed by atoms with E-state index in [2.05, 4.69) is 32.2 Å². The Kier molecular flexibility index (Phi) is 3.81. The van der Waals surface area contributed by atoms with E-state index < -0.39 is 0 Å². The van der Waals surface area contributed by atoms with E-state index in [1.807, 2.05) is 7.05 Å². The summed E-state index contributed by atoms with van der Waals surface area (Å²) in [5.74, 6) is 1.62. The first-order chi connectivity index (χ1) is 9.30. The molecule has 4 heterocycles. The number of fused-ring (bicyclic) bond motifs is 3. The molecule has 0 spiro atoms. The van der Waals surface area contributed by atoms with Gasteiger partial charge in [-0.05, 0) is 13.5 Å². The molecule has 6 nitrogen and oxygen atoms in total. The first kappa shape index (κ1) is 13.0. The van der Waals surface area contributed by atoms with Gasteiger partial charge >= 0.3 is 0 Å². The highest BCUT2D eigenvalue weighted by atomic mass is 16.5. The van der Waals surface area contributed by atoms with Crippen LogP contribution in [0.3, 0.4) is 0 Å². The van der Waals surface area contributed by atoms with Crippen molar-refractivity contribution in [1.29, 1.82) is 0 Å². The van der Waals surface area contributed by atoms with Gasteiger partial charge in [0, 0.05) is 45.2 Å². The Bertz CT molecular complexity index is 409. The summed E-state index contributed by atoms with van der Waals surface area (Å²) in [5.41, 5.74) is 0. The average molecular weight is 265 g/mol. The molecule has 1 aromatic rings. The number of piperazine rings is 3. The smallest absolute Gasteiger partial charge is 0.228 e. The summed E-state index contributed by atoms with van der Waals surface area (Å²) in [5, 5.41) is 7.47. The monoisotopic (exact) mass is 265 g/mol. The van der Waals surface area contributed by atoms with E-state index in [0.717, 1.165) is 44.2 Å². The largest absolute Gasteiger partial charge is 0.339 e. The van der Waals surface area contributed by atoms with E-state index in [9.17, 15) is 0 Å². The van der Waals surface area contributed by atoms with Crippen LogP contribution >= 0.6 is 0 Å². The zero-order chi connectivity index (χ0) is 13.2. The molecule has 2 atom stereocenters. The Labute approximate surface area is 114 Å². The summed E-state index contributed by atoms with van der Waals surface area (Å²) >= 11 is 0.